The fraction of sp³-hybridized carbons (Fsp3) is 0.368. The van der Waals surface area contributed by atoms with Crippen LogP contribution in [0, 0.1) is 18.8 Å². The number of amides is 1. The molecular formula is C19H22ClN3O. The van der Waals surface area contributed by atoms with Gasteiger partial charge >= 0.3 is 0 Å². The maximum absolute atomic E-state index is 13.1. The first kappa shape index (κ1) is 16.9. The molecule has 5 heteroatoms. The zero-order valence-corrected chi connectivity index (χ0v) is 14.5. The van der Waals surface area contributed by atoms with Gasteiger partial charge in [-0.1, -0.05) is 36.4 Å². The molecule has 2 saturated heterocycles. The van der Waals surface area contributed by atoms with E-state index in [9.17, 15) is 4.79 Å². The third-order valence-corrected chi connectivity index (χ3v) is 5.07. The lowest BCUT2D eigenvalue weighted by Crippen LogP contribution is -2.35. The van der Waals surface area contributed by atoms with Gasteiger partial charge in [0.15, 0.2) is 0 Å². The van der Waals surface area contributed by atoms with Gasteiger partial charge in [-0.05, 0) is 30.5 Å². The summed E-state index contributed by atoms with van der Waals surface area (Å²) >= 11 is 0. The van der Waals surface area contributed by atoms with Crippen molar-refractivity contribution >= 4 is 18.3 Å². The number of benzene rings is 1. The van der Waals surface area contributed by atoms with Gasteiger partial charge in [-0.3, -0.25) is 4.79 Å². The van der Waals surface area contributed by atoms with E-state index in [2.05, 4.69) is 34.6 Å². The fourth-order valence-electron chi connectivity index (χ4n) is 4.02. The van der Waals surface area contributed by atoms with Crippen LogP contribution in [0.5, 0.6) is 0 Å². The Morgan fingerprint density at radius 3 is 2.67 bits per heavy atom. The smallest absolute Gasteiger partial charge is 0.272 e. The van der Waals surface area contributed by atoms with Gasteiger partial charge in [0, 0.05) is 31.2 Å². The Balaban J connectivity index is 0.00000169. The van der Waals surface area contributed by atoms with Crippen molar-refractivity contribution in [1.29, 1.82) is 0 Å². The van der Waals surface area contributed by atoms with Crippen molar-refractivity contribution in [3.63, 3.8) is 0 Å². The van der Waals surface area contributed by atoms with Crippen LogP contribution in [-0.4, -0.2) is 35.4 Å². The quantitative estimate of drug-likeness (QED) is 0.912. The van der Waals surface area contributed by atoms with E-state index in [1.807, 2.05) is 36.1 Å². The molecule has 2 aromatic rings. The molecule has 0 radical (unpaired) electrons. The highest BCUT2D eigenvalue weighted by molar-refractivity contribution is 5.93. The number of aryl methyl sites for hydroxylation is 1. The van der Waals surface area contributed by atoms with Crippen LogP contribution in [0.3, 0.4) is 0 Å². The van der Waals surface area contributed by atoms with Gasteiger partial charge in [-0.2, -0.15) is 0 Å². The third kappa shape index (κ3) is 2.92. The molecule has 2 aliphatic rings. The lowest BCUT2D eigenvalue weighted by Gasteiger charge is -2.28. The van der Waals surface area contributed by atoms with Gasteiger partial charge < -0.3 is 10.2 Å². The van der Waals surface area contributed by atoms with E-state index < -0.39 is 0 Å². The number of nitrogens with zero attached hydrogens (tertiary/aromatic N) is 2. The van der Waals surface area contributed by atoms with E-state index in [-0.39, 0.29) is 24.4 Å². The monoisotopic (exact) mass is 343 g/mol. The summed E-state index contributed by atoms with van der Waals surface area (Å²) in [6.45, 7) is 4.72. The number of pyridine rings is 1. The predicted molar refractivity (Wildman–Crippen MR) is 96.3 cm³/mol. The molecular weight excluding hydrogens is 322 g/mol. The van der Waals surface area contributed by atoms with Crippen LogP contribution in [0.4, 0.5) is 0 Å². The minimum Gasteiger partial charge on any atom is -0.330 e. The van der Waals surface area contributed by atoms with Crippen molar-refractivity contribution in [2.75, 3.05) is 19.6 Å². The first-order valence-electron chi connectivity index (χ1n) is 8.24. The number of hydrogen-bond donors (Lipinski definition) is 1. The number of rotatable bonds is 2. The molecule has 1 aromatic carbocycles. The summed E-state index contributed by atoms with van der Waals surface area (Å²) < 4.78 is 0. The molecule has 2 fully saturated rings. The molecule has 3 atom stereocenters. The van der Waals surface area contributed by atoms with Crippen molar-refractivity contribution in [2.24, 2.45) is 11.8 Å². The van der Waals surface area contributed by atoms with E-state index in [1.54, 1.807) is 0 Å². The third-order valence-electron chi connectivity index (χ3n) is 5.07. The van der Waals surface area contributed by atoms with Crippen LogP contribution in [0.2, 0.25) is 0 Å². The van der Waals surface area contributed by atoms with Crippen molar-refractivity contribution in [3.8, 4) is 0 Å². The summed E-state index contributed by atoms with van der Waals surface area (Å²) in [6.07, 6.45) is 0. The summed E-state index contributed by atoms with van der Waals surface area (Å²) in [5, 5.41) is 3.48. The van der Waals surface area contributed by atoms with E-state index >= 15 is 0 Å². The largest absolute Gasteiger partial charge is 0.330 e. The van der Waals surface area contributed by atoms with E-state index in [0.717, 1.165) is 25.3 Å². The Bertz CT molecular complexity index is 722. The minimum atomic E-state index is 0. The summed E-state index contributed by atoms with van der Waals surface area (Å²) in [5.74, 6) is 1.08. The van der Waals surface area contributed by atoms with Crippen molar-refractivity contribution in [3.05, 3.63) is 65.5 Å². The molecule has 126 valence electrons. The van der Waals surface area contributed by atoms with Crippen LogP contribution in [0.25, 0.3) is 0 Å². The van der Waals surface area contributed by atoms with Crippen LogP contribution in [0.1, 0.15) is 27.8 Å². The summed E-state index contributed by atoms with van der Waals surface area (Å²) in [7, 11) is 0. The van der Waals surface area contributed by atoms with Crippen molar-refractivity contribution < 1.29 is 4.79 Å². The number of fused-ring (bicyclic) bond motifs is 1. The van der Waals surface area contributed by atoms with Crippen molar-refractivity contribution in [2.45, 2.75) is 13.0 Å². The van der Waals surface area contributed by atoms with E-state index in [1.165, 1.54) is 5.56 Å². The van der Waals surface area contributed by atoms with E-state index in [0.29, 0.717) is 17.5 Å². The highest BCUT2D eigenvalue weighted by Crippen LogP contribution is 2.43. The molecule has 4 rings (SSSR count). The molecule has 1 aromatic heterocycles. The lowest BCUT2D eigenvalue weighted by molar-refractivity contribution is 0.0708. The molecule has 4 nitrogen and oxygen atoms in total. The summed E-state index contributed by atoms with van der Waals surface area (Å²) in [4.78, 5) is 19.5. The second kappa shape index (κ2) is 6.91. The highest BCUT2D eigenvalue weighted by Gasteiger charge is 2.46. The normalized spacial score (nSPS) is 25.2. The van der Waals surface area contributed by atoms with Crippen molar-refractivity contribution in [1.82, 2.24) is 15.2 Å². The molecule has 0 unspecified atom stereocenters. The zero-order valence-electron chi connectivity index (χ0n) is 13.7. The number of hydrogen-bond acceptors (Lipinski definition) is 3. The Kier molecular flexibility index (Phi) is 4.88. The maximum Gasteiger partial charge on any atom is 0.272 e. The molecule has 3 heterocycles. The number of carbonyl (C=O) groups excluding carboxylic acids is 1. The number of aromatic nitrogens is 1. The van der Waals surface area contributed by atoms with Crippen LogP contribution in [0.15, 0.2) is 48.5 Å². The maximum atomic E-state index is 13.1. The van der Waals surface area contributed by atoms with Gasteiger partial charge in [0.25, 0.3) is 5.91 Å². The second-order valence-corrected chi connectivity index (χ2v) is 6.56. The SMILES string of the molecule is Cc1cccc(C(=O)N2C[C@@H]3CNC[C@@H]3[C@H]2c2ccccc2)n1.Cl. The van der Waals surface area contributed by atoms with Crippen LogP contribution < -0.4 is 5.32 Å². The van der Waals surface area contributed by atoms with Gasteiger partial charge in [0.1, 0.15) is 5.69 Å². The van der Waals surface area contributed by atoms with Gasteiger partial charge in [-0.15, -0.1) is 12.4 Å². The lowest BCUT2D eigenvalue weighted by atomic mass is 9.89. The molecule has 1 amide bonds. The average molecular weight is 344 g/mol. The first-order valence-corrected chi connectivity index (χ1v) is 8.24. The Morgan fingerprint density at radius 1 is 1.12 bits per heavy atom. The molecule has 24 heavy (non-hydrogen) atoms. The molecule has 0 aliphatic carbocycles. The minimum absolute atomic E-state index is 0. The average Bonchev–Trinajstić information content (AvgIpc) is 3.15. The highest BCUT2D eigenvalue weighted by atomic mass is 35.5. The molecule has 1 N–H and O–H groups in total. The Hall–Kier alpha value is -1.91. The molecule has 0 spiro atoms. The summed E-state index contributed by atoms with van der Waals surface area (Å²) in [6, 6.07) is 16.2. The van der Waals surface area contributed by atoms with E-state index in [4.69, 9.17) is 0 Å². The van der Waals surface area contributed by atoms with Gasteiger partial charge in [0.2, 0.25) is 0 Å². The first-order chi connectivity index (χ1) is 11.2. The second-order valence-electron chi connectivity index (χ2n) is 6.56. The molecule has 0 bridgehead atoms. The number of halogens is 1. The fourth-order valence-corrected chi connectivity index (χ4v) is 4.02. The molecule has 0 saturated carbocycles. The molecule has 2 aliphatic heterocycles. The Morgan fingerprint density at radius 2 is 1.92 bits per heavy atom. The summed E-state index contributed by atoms with van der Waals surface area (Å²) in [5.41, 5.74) is 2.66. The number of carbonyl (C=O) groups is 1. The van der Waals surface area contributed by atoms with Crippen LogP contribution >= 0.6 is 12.4 Å². The predicted octanol–water partition coefficient (Wildman–Crippen LogP) is 2.84. The zero-order chi connectivity index (χ0) is 15.8. The Labute approximate surface area is 148 Å². The van der Waals surface area contributed by atoms with Crippen LogP contribution in [-0.2, 0) is 0 Å². The number of nitrogens with one attached hydrogen (secondary N) is 1. The van der Waals surface area contributed by atoms with Gasteiger partial charge in [0.05, 0.1) is 6.04 Å². The van der Waals surface area contributed by atoms with Gasteiger partial charge in [-0.25, -0.2) is 4.98 Å². The topological polar surface area (TPSA) is 45.2 Å². The standard InChI is InChI=1S/C19H21N3O.ClH/c1-13-6-5-9-17(21-13)19(23)22-12-15-10-20-11-16(15)18(22)14-7-3-2-4-8-14;/h2-9,15-16,18,20H,10-12H2,1H3;1H/t15-,16-,18+;/m0./s1. The number of likely N-dealkylation sites (tertiary alicyclic amines) is 1.